The number of nitrogens with zero attached hydrogens (tertiary/aromatic N) is 3. The van der Waals surface area contributed by atoms with Crippen molar-refractivity contribution in [2.45, 2.75) is 19.4 Å². The second-order valence-corrected chi connectivity index (χ2v) is 6.98. The van der Waals surface area contributed by atoms with Crippen LogP contribution >= 0.6 is 0 Å². The summed E-state index contributed by atoms with van der Waals surface area (Å²) in [6.45, 7) is 6.52. The number of halogens is 1. The van der Waals surface area contributed by atoms with Gasteiger partial charge in [0.05, 0.1) is 19.3 Å². The Balaban J connectivity index is 2.09. The molecular formula is C20H32FN5O2. The van der Waals surface area contributed by atoms with Crippen LogP contribution in [0.2, 0.25) is 0 Å². The Hall–Kier alpha value is -2.19. The molecule has 1 aromatic carbocycles. The molecule has 0 aliphatic carbocycles. The van der Waals surface area contributed by atoms with Crippen molar-refractivity contribution in [1.29, 1.82) is 0 Å². The summed E-state index contributed by atoms with van der Waals surface area (Å²) >= 11 is 0. The standard InChI is InChI=1S/C20H32FN5O2/c1-4-9-22-20(24-15-19(27)25(2)3)23-14-18(26-10-12-28-13-11-26)16-5-7-17(21)8-6-16/h5-8,18H,4,9-15H2,1-3H3,(H2,22,23,24). The molecule has 1 saturated heterocycles. The quantitative estimate of drug-likeness (QED) is 0.514. The molecule has 0 spiro atoms. The van der Waals surface area contributed by atoms with Gasteiger partial charge >= 0.3 is 0 Å². The highest BCUT2D eigenvalue weighted by Gasteiger charge is 2.23. The number of ether oxygens (including phenoxy) is 1. The lowest BCUT2D eigenvalue weighted by Crippen LogP contribution is -2.46. The summed E-state index contributed by atoms with van der Waals surface area (Å²) in [5.41, 5.74) is 1.04. The highest BCUT2D eigenvalue weighted by atomic mass is 19.1. The summed E-state index contributed by atoms with van der Waals surface area (Å²) in [6.07, 6.45) is 0.952. The molecule has 2 rings (SSSR count). The Morgan fingerprint density at radius 1 is 1.25 bits per heavy atom. The fourth-order valence-corrected chi connectivity index (χ4v) is 2.93. The van der Waals surface area contributed by atoms with Gasteiger partial charge in [-0.2, -0.15) is 0 Å². The number of hydrogen-bond donors (Lipinski definition) is 2. The number of nitrogens with one attached hydrogen (secondary N) is 2. The second kappa shape index (κ2) is 11.6. The summed E-state index contributed by atoms with van der Waals surface area (Å²) in [7, 11) is 3.43. The first-order chi connectivity index (χ1) is 13.5. The molecule has 0 bridgehead atoms. The topological polar surface area (TPSA) is 69.2 Å². The maximum absolute atomic E-state index is 13.4. The monoisotopic (exact) mass is 393 g/mol. The normalized spacial score (nSPS) is 16.5. The van der Waals surface area contributed by atoms with Crippen LogP contribution in [0.4, 0.5) is 4.39 Å². The Labute approximate surface area is 166 Å². The minimum atomic E-state index is -0.244. The Bertz CT molecular complexity index is 630. The zero-order valence-corrected chi connectivity index (χ0v) is 17.1. The van der Waals surface area contributed by atoms with Gasteiger partial charge in [0.15, 0.2) is 5.96 Å². The fourth-order valence-electron chi connectivity index (χ4n) is 2.93. The zero-order chi connectivity index (χ0) is 20.4. The third kappa shape index (κ3) is 7.09. The van der Waals surface area contributed by atoms with Crippen molar-refractivity contribution in [2.24, 2.45) is 4.99 Å². The van der Waals surface area contributed by atoms with Crippen molar-refractivity contribution in [3.8, 4) is 0 Å². The van der Waals surface area contributed by atoms with Crippen LogP contribution in [0.25, 0.3) is 0 Å². The molecule has 2 N–H and O–H groups in total. The molecule has 8 heteroatoms. The van der Waals surface area contributed by atoms with Gasteiger partial charge in [0.1, 0.15) is 12.4 Å². The number of amides is 1. The summed E-state index contributed by atoms with van der Waals surface area (Å²) < 4.78 is 18.8. The van der Waals surface area contributed by atoms with E-state index in [1.165, 1.54) is 17.0 Å². The molecular weight excluding hydrogens is 361 g/mol. The number of benzene rings is 1. The number of hydrogen-bond acceptors (Lipinski definition) is 4. The third-order valence-corrected chi connectivity index (χ3v) is 4.62. The van der Waals surface area contributed by atoms with Gasteiger partial charge in [-0.3, -0.25) is 9.69 Å². The van der Waals surface area contributed by atoms with Crippen LogP contribution in [0.3, 0.4) is 0 Å². The Morgan fingerprint density at radius 2 is 1.93 bits per heavy atom. The van der Waals surface area contributed by atoms with E-state index >= 15 is 0 Å². The van der Waals surface area contributed by atoms with E-state index in [0.29, 0.717) is 25.7 Å². The van der Waals surface area contributed by atoms with Crippen molar-refractivity contribution >= 4 is 11.9 Å². The average molecular weight is 394 g/mol. The molecule has 0 saturated carbocycles. The average Bonchev–Trinajstić information content (AvgIpc) is 2.71. The molecule has 1 atom stereocenters. The molecule has 1 aromatic rings. The molecule has 1 amide bonds. The van der Waals surface area contributed by atoms with Gasteiger partial charge in [-0.05, 0) is 24.1 Å². The van der Waals surface area contributed by atoms with Crippen LogP contribution < -0.4 is 10.6 Å². The fraction of sp³-hybridized carbons (Fsp3) is 0.600. The van der Waals surface area contributed by atoms with Crippen LogP contribution in [0, 0.1) is 5.82 Å². The predicted molar refractivity (Wildman–Crippen MR) is 109 cm³/mol. The molecule has 7 nitrogen and oxygen atoms in total. The van der Waals surface area contributed by atoms with E-state index in [2.05, 4.69) is 27.4 Å². The van der Waals surface area contributed by atoms with Crippen molar-refractivity contribution in [2.75, 3.05) is 60.0 Å². The van der Waals surface area contributed by atoms with Crippen molar-refractivity contribution < 1.29 is 13.9 Å². The number of aliphatic imine (C=N–C) groups is 1. The second-order valence-electron chi connectivity index (χ2n) is 6.98. The number of carbonyl (C=O) groups is 1. The van der Waals surface area contributed by atoms with Gasteiger partial charge < -0.3 is 20.3 Å². The van der Waals surface area contributed by atoms with Crippen molar-refractivity contribution in [3.05, 3.63) is 35.6 Å². The van der Waals surface area contributed by atoms with Crippen LogP contribution in [0.5, 0.6) is 0 Å². The number of morpholine rings is 1. The van der Waals surface area contributed by atoms with E-state index in [-0.39, 0.29) is 24.3 Å². The van der Waals surface area contributed by atoms with Crippen LogP contribution in [0.15, 0.2) is 29.3 Å². The van der Waals surface area contributed by atoms with E-state index in [0.717, 1.165) is 31.6 Å². The van der Waals surface area contributed by atoms with Gasteiger partial charge in [0, 0.05) is 40.3 Å². The highest BCUT2D eigenvalue weighted by molar-refractivity contribution is 5.84. The zero-order valence-electron chi connectivity index (χ0n) is 17.1. The first-order valence-corrected chi connectivity index (χ1v) is 9.81. The number of carbonyl (C=O) groups excluding carboxylic acids is 1. The smallest absolute Gasteiger partial charge is 0.243 e. The lowest BCUT2D eigenvalue weighted by atomic mass is 10.0. The van der Waals surface area contributed by atoms with Crippen molar-refractivity contribution in [3.63, 3.8) is 0 Å². The summed E-state index contributed by atoms with van der Waals surface area (Å²) in [6, 6.07) is 6.68. The lowest BCUT2D eigenvalue weighted by Gasteiger charge is -2.35. The van der Waals surface area contributed by atoms with E-state index < -0.39 is 0 Å². The number of rotatable bonds is 8. The third-order valence-electron chi connectivity index (χ3n) is 4.62. The van der Waals surface area contributed by atoms with Crippen LogP contribution in [0.1, 0.15) is 24.9 Å². The van der Waals surface area contributed by atoms with Gasteiger partial charge in [0.25, 0.3) is 0 Å². The molecule has 0 radical (unpaired) electrons. The van der Waals surface area contributed by atoms with Gasteiger partial charge in [0.2, 0.25) is 5.91 Å². The molecule has 28 heavy (non-hydrogen) atoms. The molecule has 1 fully saturated rings. The first-order valence-electron chi connectivity index (χ1n) is 9.81. The first kappa shape index (κ1) is 22.1. The van der Waals surface area contributed by atoms with Gasteiger partial charge in [-0.15, -0.1) is 0 Å². The lowest BCUT2D eigenvalue weighted by molar-refractivity contribution is -0.127. The molecule has 0 aromatic heterocycles. The van der Waals surface area contributed by atoms with Crippen LogP contribution in [-0.2, 0) is 9.53 Å². The number of guanidine groups is 1. The minimum Gasteiger partial charge on any atom is -0.379 e. The Morgan fingerprint density at radius 3 is 2.54 bits per heavy atom. The van der Waals surface area contributed by atoms with Gasteiger partial charge in [-0.1, -0.05) is 19.1 Å². The van der Waals surface area contributed by atoms with Crippen LogP contribution in [-0.4, -0.2) is 81.7 Å². The maximum Gasteiger partial charge on any atom is 0.243 e. The highest BCUT2D eigenvalue weighted by Crippen LogP contribution is 2.21. The van der Waals surface area contributed by atoms with Crippen molar-refractivity contribution in [1.82, 2.24) is 20.4 Å². The van der Waals surface area contributed by atoms with E-state index in [4.69, 9.17) is 4.74 Å². The van der Waals surface area contributed by atoms with E-state index in [9.17, 15) is 9.18 Å². The largest absolute Gasteiger partial charge is 0.379 e. The maximum atomic E-state index is 13.4. The molecule has 1 heterocycles. The molecule has 1 unspecified atom stereocenters. The summed E-state index contributed by atoms with van der Waals surface area (Å²) in [5.74, 6) is 0.310. The van der Waals surface area contributed by atoms with E-state index in [1.807, 2.05) is 12.1 Å². The molecule has 1 aliphatic heterocycles. The SMILES string of the molecule is CCCNC(=NCC(=O)N(C)C)NCC(c1ccc(F)cc1)N1CCOCC1. The molecule has 156 valence electrons. The predicted octanol–water partition coefficient (Wildman–Crippen LogP) is 1.23. The summed E-state index contributed by atoms with van der Waals surface area (Å²) in [4.78, 5) is 20.1. The summed E-state index contributed by atoms with van der Waals surface area (Å²) in [5, 5.41) is 6.60. The Kier molecular flexibility index (Phi) is 9.16. The van der Waals surface area contributed by atoms with Gasteiger partial charge in [-0.25, -0.2) is 9.38 Å². The van der Waals surface area contributed by atoms with E-state index in [1.54, 1.807) is 14.1 Å². The number of likely N-dealkylation sites (N-methyl/N-ethyl adjacent to an activating group) is 1. The molecule has 1 aliphatic rings. The minimum absolute atomic E-state index is 0.0548.